The van der Waals surface area contributed by atoms with Gasteiger partial charge in [-0.15, -0.1) is 0 Å². The van der Waals surface area contributed by atoms with E-state index in [0.717, 1.165) is 18.9 Å². The Morgan fingerprint density at radius 1 is 1.50 bits per heavy atom. The van der Waals surface area contributed by atoms with E-state index in [1.165, 1.54) is 32.4 Å². The van der Waals surface area contributed by atoms with Gasteiger partial charge in [0.2, 0.25) is 0 Å². The van der Waals surface area contributed by atoms with Gasteiger partial charge in [0.25, 0.3) is 0 Å². The maximum absolute atomic E-state index is 8.78. The van der Waals surface area contributed by atoms with E-state index in [4.69, 9.17) is 5.26 Å². The maximum Gasteiger partial charge on any atom is 0.0628 e. The van der Waals surface area contributed by atoms with Crippen LogP contribution in [0.15, 0.2) is 0 Å². The number of nitrogens with one attached hydrogen (secondary N) is 1. The SMILES string of the molecule is CC1CN(C)CCC1NCC1(CC#N)CC1. The van der Waals surface area contributed by atoms with Crippen molar-refractivity contribution in [1.82, 2.24) is 10.2 Å². The predicted molar refractivity (Wildman–Crippen MR) is 65.0 cm³/mol. The molecule has 2 fully saturated rings. The molecule has 2 aliphatic rings. The van der Waals surface area contributed by atoms with E-state index in [9.17, 15) is 0 Å². The molecule has 2 rings (SSSR count). The topological polar surface area (TPSA) is 39.1 Å². The average Bonchev–Trinajstić information content (AvgIpc) is 2.98. The van der Waals surface area contributed by atoms with Gasteiger partial charge in [0, 0.05) is 25.6 Å². The highest BCUT2D eigenvalue weighted by molar-refractivity contribution is 5.01. The first-order valence-corrected chi connectivity index (χ1v) is 6.44. The van der Waals surface area contributed by atoms with Crippen molar-refractivity contribution in [1.29, 1.82) is 5.26 Å². The molecule has 16 heavy (non-hydrogen) atoms. The lowest BCUT2D eigenvalue weighted by molar-refractivity contribution is 0.170. The van der Waals surface area contributed by atoms with Crippen LogP contribution in [0.3, 0.4) is 0 Å². The Labute approximate surface area is 98.8 Å². The van der Waals surface area contributed by atoms with E-state index < -0.39 is 0 Å². The van der Waals surface area contributed by atoms with Crippen LogP contribution in [0.1, 0.15) is 32.6 Å². The third-order valence-corrected chi connectivity index (χ3v) is 4.26. The first kappa shape index (κ1) is 11.9. The van der Waals surface area contributed by atoms with E-state index in [1.807, 2.05) is 0 Å². The van der Waals surface area contributed by atoms with Gasteiger partial charge in [-0.25, -0.2) is 0 Å². The summed E-state index contributed by atoms with van der Waals surface area (Å²) >= 11 is 0. The minimum Gasteiger partial charge on any atom is -0.313 e. The van der Waals surface area contributed by atoms with Crippen LogP contribution in [0.5, 0.6) is 0 Å². The minimum absolute atomic E-state index is 0.345. The Morgan fingerprint density at radius 3 is 2.81 bits per heavy atom. The number of rotatable bonds is 4. The monoisotopic (exact) mass is 221 g/mol. The summed E-state index contributed by atoms with van der Waals surface area (Å²) in [6.07, 6.45) is 4.48. The van der Waals surface area contributed by atoms with Crippen LogP contribution >= 0.6 is 0 Å². The van der Waals surface area contributed by atoms with Gasteiger partial charge in [0.15, 0.2) is 0 Å². The van der Waals surface area contributed by atoms with Crippen molar-refractivity contribution in [3.8, 4) is 6.07 Å². The number of hydrogen-bond acceptors (Lipinski definition) is 3. The summed E-state index contributed by atoms with van der Waals surface area (Å²) in [7, 11) is 2.20. The van der Waals surface area contributed by atoms with Gasteiger partial charge in [-0.2, -0.15) is 5.26 Å². The molecule has 0 radical (unpaired) electrons. The largest absolute Gasteiger partial charge is 0.313 e. The zero-order chi connectivity index (χ0) is 11.6. The highest BCUT2D eigenvalue weighted by Gasteiger charge is 2.42. The normalized spacial score (nSPS) is 33.3. The maximum atomic E-state index is 8.78. The lowest BCUT2D eigenvalue weighted by Gasteiger charge is -2.36. The van der Waals surface area contributed by atoms with Crippen molar-refractivity contribution in [2.24, 2.45) is 11.3 Å². The van der Waals surface area contributed by atoms with Gasteiger partial charge in [0.1, 0.15) is 0 Å². The van der Waals surface area contributed by atoms with E-state index >= 15 is 0 Å². The van der Waals surface area contributed by atoms with E-state index in [1.54, 1.807) is 0 Å². The van der Waals surface area contributed by atoms with Crippen LogP contribution < -0.4 is 5.32 Å². The van der Waals surface area contributed by atoms with Crippen molar-refractivity contribution in [2.45, 2.75) is 38.6 Å². The quantitative estimate of drug-likeness (QED) is 0.784. The Kier molecular flexibility index (Phi) is 3.51. The Bertz CT molecular complexity index is 277. The number of likely N-dealkylation sites (tertiary alicyclic amines) is 1. The molecule has 1 heterocycles. The van der Waals surface area contributed by atoms with Crippen molar-refractivity contribution >= 4 is 0 Å². The van der Waals surface area contributed by atoms with Crippen LogP contribution in [0, 0.1) is 22.7 Å². The van der Waals surface area contributed by atoms with Crippen molar-refractivity contribution in [3.63, 3.8) is 0 Å². The summed E-state index contributed by atoms with van der Waals surface area (Å²) < 4.78 is 0. The summed E-state index contributed by atoms with van der Waals surface area (Å²) in [6, 6.07) is 2.99. The molecule has 0 aromatic heterocycles. The van der Waals surface area contributed by atoms with Crippen molar-refractivity contribution < 1.29 is 0 Å². The summed E-state index contributed by atoms with van der Waals surface area (Å²) in [4.78, 5) is 2.41. The van der Waals surface area contributed by atoms with Crippen LogP contribution in [0.2, 0.25) is 0 Å². The molecule has 1 aliphatic heterocycles. The van der Waals surface area contributed by atoms with E-state index in [2.05, 4.69) is 30.3 Å². The molecule has 3 heteroatoms. The van der Waals surface area contributed by atoms with Gasteiger partial charge in [-0.05, 0) is 44.2 Å². The molecule has 1 N–H and O–H groups in total. The van der Waals surface area contributed by atoms with Gasteiger partial charge in [-0.3, -0.25) is 0 Å². The fourth-order valence-electron chi connectivity index (χ4n) is 2.77. The molecule has 0 aromatic rings. The van der Waals surface area contributed by atoms with Gasteiger partial charge < -0.3 is 10.2 Å². The molecule has 0 aromatic carbocycles. The molecule has 1 saturated carbocycles. The smallest absolute Gasteiger partial charge is 0.0628 e. The Hall–Kier alpha value is -0.590. The third-order valence-electron chi connectivity index (χ3n) is 4.26. The van der Waals surface area contributed by atoms with E-state index in [-0.39, 0.29) is 0 Å². The number of piperidine rings is 1. The summed E-state index contributed by atoms with van der Waals surface area (Å²) in [5, 5.41) is 12.5. The fourth-order valence-corrected chi connectivity index (χ4v) is 2.77. The fraction of sp³-hybridized carbons (Fsp3) is 0.923. The zero-order valence-corrected chi connectivity index (χ0v) is 10.5. The molecular formula is C13H23N3. The molecule has 1 aliphatic carbocycles. The highest BCUT2D eigenvalue weighted by Crippen LogP contribution is 2.48. The van der Waals surface area contributed by atoms with Crippen LogP contribution in [0.4, 0.5) is 0 Å². The average molecular weight is 221 g/mol. The number of hydrogen-bond donors (Lipinski definition) is 1. The summed E-state index contributed by atoms with van der Waals surface area (Å²) in [5.41, 5.74) is 0.345. The number of nitriles is 1. The first-order chi connectivity index (χ1) is 7.65. The Balaban J connectivity index is 1.76. The standard InChI is InChI=1S/C13H23N3/c1-11-9-16(2)8-3-12(11)15-10-13(4-5-13)6-7-14/h11-12,15H,3-6,8-10H2,1-2H3. The lowest BCUT2D eigenvalue weighted by atomic mass is 9.93. The van der Waals surface area contributed by atoms with Gasteiger partial charge >= 0.3 is 0 Å². The molecule has 0 bridgehead atoms. The molecule has 1 saturated heterocycles. The molecule has 2 unspecified atom stereocenters. The molecule has 90 valence electrons. The molecular weight excluding hydrogens is 198 g/mol. The van der Waals surface area contributed by atoms with Crippen LogP contribution in [-0.4, -0.2) is 37.6 Å². The summed E-state index contributed by atoms with van der Waals surface area (Å²) in [6.45, 7) is 5.78. The Morgan fingerprint density at radius 2 is 2.25 bits per heavy atom. The van der Waals surface area contributed by atoms with Crippen molar-refractivity contribution in [3.05, 3.63) is 0 Å². The second-order valence-corrected chi connectivity index (χ2v) is 5.85. The van der Waals surface area contributed by atoms with E-state index in [0.29, 0.717) is 11.5 Å². The molecule has 0 spiro atoms. The van der Waals surface area contributed by atoms with Gasteiger partial charge in [0.05, 0.1) is 6.07 Å². The zero-order valence-electron chi connectivity index (χ0n) is 10.5. The predicted octanol–water partition coefficient (Wildman–Crippen LogP) is 1.61. The third kappa shape index (κ3) is 2.75. The van der Waals surface area contributed by atoms with Crippen molar-refractivity contribution in [2.75, 3.05) is 26.7 Å². The lowest BCUT2D eigenvalue weighted by Crippen LogP contribution is -2.48. The molecule has 3 nitrogen and oxygen atoms in total. The molecule has 2 atom stereocenters. The van der Waals surface area contributed by atoms with Gasteiger partial charge in [-0.1, -0.05) is 6.92 Å². The van der Waals surface area contributed by atoms with Crippen LogP contribution in [0.25, 0.3) is 0 Å². The van der Waals surface area contributed by atoms with Crippen LogP contribution in [-0.2, 0) is 0 Å². The number of nitrogens with zero attached hydrogens (tertiary/aromatic N) is 2. The second kappa shape index (κ2) is 4.73. The summed E-state index contributed by atoms with van der Waals surface area (Å²) in [5.74, 6) is 0.733. The minimum atomic E-state index is 0.345. The highest BCUT2D eigenvalue weighted by atomic mass is 15.1. The second-order valence-electron chi connectivity index (χ2n) is 5.85. The first-order valence-electron chi connectivity index (χ1n) is 6.44. The molecule has 0 amide bonds.